The zero-order chi connectivity index (χ0) is 20.3. The van der Waals surface area contributed by atoms with E-state index in [0.717, 1.165) is 54.1 Å². The van der Waals surface area contributed by atoms with Gasteiger partial charge in [0.15, 0.2) is 0 Å². The molecule has 3 rings (SSSR count). The molecule has 2 aromatic heterocycles. The summed E-state index contributed by atoms with van der Waals surface area (Å²) in [4.78, 5) is 20.2. The molecule has 3 heterocycles. The summed E-state index contributed by atoms with van der Waals surface area (Å²) in [6, 6.07) is 0. The molecule has 0 unspecified atom stereocenters. The molecule has 0 bridgehead atoms. The van der Waals surface area contributed by atoms with Crippen LogP contribution < -0.4 is 10.2 Å². The van der Waals surface area contributed by atoms with Crippen molar-refractivity contribution < 1.29 is 4.79 Å². The Morgan fingerprint density at radius 3 is 2.75 bits per heavy atom. The summed E-state index contributed by atoms with van der Waals surface area (Å²) in [5.74, 6) is 0.674. The van der Waals surface area contributed by atoms with Crippen molar-refractivity contribution in [2.24, 2.45) is 5.41 Å². The average molecular weight is 382 g/mol. The summed E-state index contributed by atoms with van der Waals surface area (Å²) in [5.41, 5.74) is 4.60. The molecule has 150 valence electrons. The van der Waals surface area contributed by atoms with Crippen molar-refractivity contribution in [3.63, 3.8) is 0 Å². The van der Waals surface area contributed by atoms with Crippen LogP contribution in [-0.4, -0.2) is 34.2 Å². The van der Waals surface area contributed by atoms with Crippen molar-refractivity contribution >= 4 is 11.7 Å². The lowest BCUT2D eigenvalue weighted by atomic mass is 9.85. The Kier molecular flexibility index (Phi) is 5.87. The zero-order valence-electron chi connectivity index (χ0n) is 17.6. The van der Waals surface area contributed by atoms with Gasteiger partial charge in [-0.2, -0.15) is 5.10 Å². The highest BCUT2D eigenvalue weighted by atomic mass is 16.1. The molecule has 1 saturated heterocycles. The number of aromatic nitrogens is 3. The standard InChI is InChI=1S/C22H31N5O/c1-6-15(2)26-21(28)19-16(3)18(17-12-24-25-13-17)14-23-20(19)27-10-7-8-22(4,5)9-11-27/h6,12-14H,7-11H2,1-5H3,(H,24,25)(H,26,28)/b15-6+. The van der Waals surface area contributed by atoms with E-state index in [2.05, 4.69) is 34.3 Å². The fourth-order valence-electron chi connectivity index (χ4n) is 3.74. The molecule has 1 aliphatic rings. The third kappa shape index (κ3) is 4.26. The smallest absolute Gasteiger partial charge is 0.259 e. The Bertz CT molecular complexity index is 867. The predicted molar refractivity (Wildman–Crippen MR) is 113 cm³/mol. The number of H-pyrrole nitrogens is 1. The van der Waals surface area contributed by atoms with Gasteiger partial charge < -0.3 is 10.2 Å². The highest BCUT2D eigenvalue weighted by molar-refractivity contribution is 6.02. The number of pyridine rings is 1. The first-order valence-electron chi connectivity index (χ1n) is 10.0. The third-order valence-electron chi connectivity index (χ3n) is 5.74. The van der Waals surface area contributed by atoms with Crippen LogP contribution in [0.2, 0.25) is 0 Å². The van der Waals surface area contributed by atoms with Gasteiger partial charge in [-0.15, -0.1) is 0 Å². The van der Waals surface area contributed by atoms with Crippen molar-refractivity contribution in [1.29, 1.82) is 0 Å². The molecule has 2 aromatic rings. The minimum Gasteiger partial charge on any atom is -0.356 e. The first kappa shape index (κ1) is 20.1. The Hall–Kier alpha value is -2.63. The topological polar surface area (TPSA) is 73.9 Å². The van der Waals surface area contributed by atoms with E-state index in [1.807, 2.05) is 39.2 Å². The van der Waals surface area contributed by atoms with E-state index in [4.69, 9.17) is 4.98 Å². The van der Waals surface area contributed by atoms with E-state index < -0.39 is 0 Å². The van der Waals surface area contributed by atoms with Gasteiger partial charge in [0.1, 0.15) is 5.82 Å². The summed E-state index contributed by atoms with van der Waals surface area (Å²) in [7, 11) is 0. The molecule has 1 fully saturated rings. The number of hydrogen-bond donors (Lipinski definition) is 2. The van der Waals surface area contributed by atoms with Crippen LogP contribution in [0.5, 0.6) is 0 Å². The Morgan fingerprint density at radius 1 is 1.29 bits per heavy atom. The Labute approximate surface area is 167 Å². The van der Waals surface area contributed by atoms with Crippen LogP contribution in [-0.2, 0) is 0 Å². The lowest BCUT2D eigenvalue weighted by molar-refractivity contribution is 0.0965. The summed E-state index contributed by atoms with van der Waals surface area (Å²) in [6.07, 6.45) is 10.7. The summed E-state index contributed by atoms with van der Waals surface area (Å²) in [6.45, 7) is 12.3. The average Bonchev–Trinajstić information content (AvgIpc) is 3.11. The van der Waals surface area contributed by atoms with Crippen LogP contribution in [0.3, 0.4) is 0 Å². The Morgan fingerprint density at radius 2 is 2.07 bits per heavy atom. The van der Waals surface area contributed by atoms with Gasteiger partial charge in [0, 0.05) is 42.3 Å². The number of nitrogens with zero attached hydrogens (tertiary/aromatic N) is 3. The lowest BCUT2D eigenvalue weighted by Crippen LogP contribution is -2.31. The van der Waals surface area contributed by atoms with E-state index in [9.17, 15) is 4.79 Å². The maximum atomic E-state index is 13.2. The monoisotopic (exact) mass is 381 g/mol. The number of hydrogen-bond acceptors (Lipinski definition) is 4. The van der Waals surface area contributed by atoms with Crippen molar-refractivity contribution in [1.82, 2.24) is 20.5 Å². The summed E-state index contributed by atoms with van der Waals surface area (Å²) in [5, 5.41) is 9.89. The van der Waals surface area contributed by atoms with Gasteiger partial charge in [-0.25, -0.2) is 4.98 Å². The SMILES string of the molecule is C/C=C(\C)NC(=O)c1c(N2CCCC(C)(C)CC2)ncc(-c2cn[nH]c2)c1C. The summed E-state index contributed by atoms with van der Waals surface area (Å²) >= 11 is 0. The van der Waals surface area contributed by atoms with Crippen LogP contribution in [0.1, 0.15) is 62.9 Å². The molecule has 1 aliphatic heterocycles. The number of amides is 1. The second-order valence-electron chi connectivity index (χ2n) is 8.41. The van der Waals surface area contributed by atoms with Crippen molar-refractivity contribution in [3.8, 4) is 11.1 Å². The van der Waals surface area contributed by atoms with Crippen LogP contribution in [0.15, 0.2) is 30.4 Å². The number of carbonyl (C=O) groups excluding carboxylic acids is 1. The molecule has 0 atom stereocenters. The minimum absolute atomic E-state index is 0.107. The highest BCUT2D eigenvalue weighted by Gasteiger charge is 2.28. The van der Waals surface area contributed by atoms with E-state index in [-0.39, 0.29) is 5.91 Å². The molecule has 0 aliphatic carbocycles. The molecule has 0 aromatic carbocycles. The van der Waals surface area contributed by atoms with Gasteiger partial charge in [-0.1, -0.05) is 19.9 Å². The number of carbonyl (C=O) groups is 1. The lowest BCUT2D eigenvalue weighted by Gasteiger charge is -2.27. The van der Waals surface area contributed by atoms with Crippen molar-refractivity contribution in [2.75, 3.05) is 18.0 Å². The van der Waals surface area contributed by atoms with Gasteiger partial charge in [0.2, 0.25) is 0 Å². The molecule has 1 amide bonds. The van der Waals surface area contributed by atoms with Gasteiger partial charge in [-0.05, 0) is 51.0 Å². The van der Waals surface area contributed by atoms with Gasteiger partial charge in [-0.3, -0.25) is 9.89 Å². The fraction of sp³-hybridized carbons (Fsp3) is 0.500. The zero-order valence-corrected chi connectivity index (χ0v) is 17.6. The maximum absolute atomic E-state index is 13.2. The first-order chi connectivity index (χ1) is 13.3. The highest BCUT2D eigenvalue weighted by Crippen LogP contribution is 2.34. The quantitative estimate of drug-likeness (QED) is 0.820. The van der Waals surface area contributed by atoms with Gasteiger partial charge >= 0.3 is 0 Å². The van der Waals surface area contributed by atoms with Crippen LogP contribution >= 0.6 is 0 Å². The number of aromatic amines is 1. The third-order valence-corrected chi connectivity index (χ3v) is 5.74. The van der Waals surface area contributed by atoms with Crippen LogP contribution in [0.4, 0.5) is 5.82 Å². The molecular weight excluding hydrogens is 350 g/mol. The Balaban J connectivity index is 2.06. The molecule has 0 saturated carbocycles. The second kappa shape index (κ2) is 8.17. The molecule has 28 heavy (non-hydrogen) atoms. The fourth-order valence-corrected chi connectivity index (χ4v) is 3.74. The van der Waals surface area contributed by atoms with E-state index >= 15 is 0 Å². The number of rotatable bonds is 4. The number of allylic oxidation sites excluding steroid dienone is 2. The molecule has 6 nitrogen and oxygen atoms in total. The van der Waals surface area contributed by atoms with Crippen LogP contribution in [0.25, 0.3) is 11.1 Å². The van der Waals surface area contributed by atoms with Crippen molar-refractivity contribution in [2.45, 2.75) is 53.9 Å². The normalized spacial score (nSPS) is 17.3. The van der Waals surface area contributed by atoms with E-state index in [1.165, 1.54) is 6.42 Å². The van der Waals surface area contributed by atoms with Gasteiger partial charge in [0.05, 0.1) is 11.8 Å². The largest absolute Gasteiger partial charge is 0.356 e. The molecule has 6 heteroatoms. The summed E-state index contributed by atoms with van der Waals surface area (Å²) < 4.78 is 0. The van der Waals surface area contributed by atoms with Crippen LogP contribution in [0, 0.1) is 12.3 Å². The van der Waals surface area contributed by atoms with E-state index in [0.29, 0.717) is 11.0 Å². The molecule has 2 N–H and O–H groups in total. The van der Waals surface area contributed by atoms with E-state index in [1.54, 1.807) is 6.20 Å². The molecule has 0 radical (unpaired) electrons. The minimum atomic E-state index is -0.107. The van der Waals surface area contributed by atoms with Gasteiger partial charge in [0.25, 0.3) is 5.91 Å². The predicted octanol–water partition coefficient (Wildman–Crippen LogP) is 4.45. The van der Waals surface area contributed by atoms with Crippen molar-refractivity contribution in [3.05, 3.63) is 41.5 Å². The number of anilines is 1. The number of nitrogens with one attached hydrogen (secondary N) is 2. The first-order valence-corrected chi connectivity index (χ1v) is 10.0. The molecular formula is C22H31N5O. The second-order valence-corrected chi connectivity index (χ2v) is 8.41. The molecule has 0 spiro atoms. The maximum Gasteiger partial charge on any atom is 0.259 e.